The molecule has 0 bridgehead atoms. The van der Waals surface area contributed by atoms with Gasteiger partial charge < -0.3 is 9.64 Å². The second kappa shape index (κ2) is 7.22. The van der Waals surface area contributed by atoms with E-state index in [0.717, 1.165) is 31.8 Å². The van der Waals surface area contributed by atoms with Gasteiger partial charge in [-0.2, -0.15) is 0 Å². The van der Waals surface area contributed by atoms with Crippen LogP contribution in [0.25, 0.3) is 0 Å². The maximum absolute atomic E-state index is 11.4. The van der Waals surface area contributed by atoms with Crippen LogP contribution in [0.5, 0.6) is 0 Å². The van der Waals surface area contributed by atoms with Gasteiger partial charge in [0.05, 0.1) is 6.10 Å². The van der Waals surface area contributed by atoms with Gasteiger partial charge in [-0.3, -0.25) is 10.2 Å². The highest BCUT2D eigenvalue weighted by Gasteiger charge is 2.31. The number of likely N-dealkylation sites (N-methyl/N-ethyl adjacent to an activating group) is 1. The molecule has 1 heterocycles. The standard InChI is InChI=1S/C14H27N3O2/c1-17(9-11-5-3-2-4-6-11)10-12-7-8-13(19-12)14(18)16-15/h11-13H,2-10,15H2,1H3,(H,16,18). The Morgan fingerprint density at radius 1 is 1.21 bits per heavy atom. The second-order valence-electron chi connectivity index (χ2n) is 6.06. The number of amides is 1. The Morgan fingerprint density at radius 3 is 2.63 bits per heavy atom. The van der Waals surface area contributed by atoms with Crippen LogP contribution in [0.4, 0.5) is 0 Å². The Kier molecular flexibility index (Phi) is 5.60. The third-order valence-corrected chi connectivity index (χ3v) is 4.35. The number of hydrogen-bond donors (Lipinski definition) is 2. The first-order chi connectivity index (χ1) is 9.19. The molecule has 0 radical (unpaired) electrons. The molecule has 5 nitrogen and oxygen atoms in total. The molecule has 1 amide bonds. The van der Waals surface area contributed by atoms with E-state index in [0.29, 0.717) is 0 Å². The molecular weight excluding hydrogens is 242 g/mol. The fraction of sp³-hybridized carbons (Fsp3) is 0.929. The fourth-order valence-corrected chi connectivity index (χ4v) is 3.36. The SMILES string of the molecule is CN(CC1CCCCC1)CC1CCC(C(=O)NN)O1. The number of nitrogens with zero attached hydrogens (tertiary/aromatic N) is 1. The summed E-state index contributed by atoms with van der Waals surface area (Å²) in [4.78, 5) is 13.8. The molecule has 0 spiro atoms. The molecule has 2 atom stereocenters. The van der Waals surface area contributed by atoms with Crippen LogP contribution in [0.3, 0.4) is 0 Å². The maximum atomic E-state index is 11.4. The van der Waals surface area contributed by atoms with Crippen LogP contribution < -0.4 is 11.3 Å². The van der Waals surface area contributed by atoms with Gasteiger partial charge in [0.15, 0.2) is 0 Å². The first-order valence-corrected chi connectivity index (χ1v) is 7.53. The normalized spacial score (nSPS) is 28.8. The van der Waals surface area contributed by atoms with Crippen molar-refractivity contribution < 1.29 is 9.53 Å². The van der Waals surface area contributed by atoms with E-state index >= 15 is 0 Å². The van der Waals surface area contributed by atoms with Crippen molar-refractivity contribution in [3.05, 3.63) is 0 Å². The zero-order valence-electron chi connectivity index (χ0n) is 11.9. The van der Waals surface area contributed by atoms with E-state index in [9.17, 15) is 4.79 Å². The lowest BCUT2D eigenvalue weighted by Gasteiger charge is -2.28. The summed E-state index contributed by atoms with van der Waals surface area (Å²) in [6, 6.07) is 0. The summed E-state index contributed by atoms with van der Waals surface area (Å²) < 4.78 is 5.74. The average Bonchev–Trinajstić information content (AvgIpc) is 2.87. The molecule has 2 rings (SSSR count). The summed E-state index contributed by atoms with van der Waals surface area (Å²) in [6.07, 6.45) is 8.48. The number of carbonyl (C=O) groups excluding carboxylic acids is 1. The van der Waals surface area contributed by atoms with Gasteiger partial charge in [-0.15, -0.1) is 0 Å². The van der Waals surface area contributed by atoms with Crippen LogP contribution in [-0.4, -0.2) is 43.2 Å². The highest BCUT2D eigenvalue weighted by molar-refractivity contribution is 5.80. The Balaban J connectivity index is 1.68. The minimum atomic E-state index is -0.349. The smallest absolute Gasteiger partial charge is 0.263 e. The third kappa shape index (κ3) is 4.44. The van der Waals surface area contributed by atoms with Crippen molar-refractivity contribution in [3.8, 4) is 0 Å². The molecule has 19 heavy (non-hydrogen) atoms. The highest BCUT2D eigenvalue weighted by Crippen LogP contribution is 2.25. The van der Waals surface area contributed by atoms with E-state index in [-0.39, 0.29) is 18.1 Å². The quantitative estimate of drug-likeness (QED) is 0.444. The van der Waals surface area contributed by atoms with Crippen molar-refractivity contribution in [2.45, 2.75) is 57.2 Å². The van der Waals surface area contributed by atoms with Gasteiger partial charge in [-0.25, -0.2) is 5.84 Å². The van der Waals surface area contributed by atoms with Crippen LogP contribution in [0.2, 0.25) is 0 Å². The molecule has 5 heteroatoms. The molecule has 2 fully saturated rings. The molecule has 0 aromatic rings. The number of hydrogen-bond acceptors (Lipinski definition) is 4. The molecule has 0 aromatic carbocycles. The van der Waals surface area contributed by atoms with E-state index in [1.54, 1.807) is 0 Å². The van der Waals surface area contributed by atoms with Crippen LogP contribution in [0.1, 0.15) is 44.9 Å². The largest absolute Gasteiger partial charge is 0.364 e. The number of rotatable bonds is 5. The molecule has 110 valence electrons. The van der Waals surface area contributed by atoms with E-state index in [2.05, 4.69) is 17.4 Å². The summed E-state index contributed by atoms with van der Waals surface area (Å²) in [5.41, 5.74) is 2.17. The summed E-state index contributed by atoms with van der Waals surface area (Å²) in [7, 11) is 2.16. The van der Waals surface area contributed by atoms with Gasteiger partial charge in [-0.05, 0) is 38.6 Å². The number of ether oxygens (including phenoxy) is 1. The zero-order chi connectivity index (χ0) is 13.7. The van der Waals surface area contributed by atoms with Gasteiger partial charge in [0.25, 0.3) is 5.91 Å². The van der Waals surface area contributed by atoms with Crippen LogP contribution in [0, 0.1) is 5.92 Å². The lowest BCUT2D eigenvalue weighted by atomic mass is 9.89. The molecular formula is C14H27N3O2. The summed E-state index contributed by atoms with van der Waals surface area (Å²) >= 11 is 0. The number of carbonyl (C=O) groups is 1. The topological polar surface area (TPSA) is 67.6 Å². The van der Waals surface area contributed by atoms with Crippen molar-refractivity contribution in [2.75, 3.05) is 20.1 Å². The van der Waals surface area contributed by atoms with Crippen molar-refractivity contribution in [1.82, 2.24) is 10.3 Å². The van der Waals surface area contributed by atoms with Gasteiger partial charge in [0.1, 0.15) is 6.10 Å². The minimum Gasteiger partial charge on any atom is -0.364 e. The molecule has 3 N–H and O–H groups in total. The Morgan fingerprint density at radius 2 is 1.95 bits per heavy atom. The minimum absolute atomic E-state index is 0.177. The molecule has 0 aromatic heterocycles. The molecule has 1 saturated heterocycles. The lowest BCUT2D eigenvalue weighted by Crippen LogP contribution is -2.40. The summed E-state index contributed by atoms with van der Waals surface area (Å²) in [5, 5.41) is 0. The predicted octanol–water partition coefficient (Wildman–Crippen LogP) is 1.04. The summed E-state index contributed by atoms with van der Waals surface area (Å²) in [5.74, 6) is 5.79. The second-order valence-corrected chi connectivity index (χ2v) is 6.06. The third-order valence-electron chi connectivity index (χ3n) is 4.35. The first kappa shape index (κ1) is 14.8. The van der Waals surface area contributed by atoms with Gasteiger partial charge in [0.2, 0.25) is 0 Å². The number of hydrazine groups is 1. The van der Waals surface area contributed by atoms with Crippen LogP contribution in [0.15, 0.2) is 0 Å². The summed E-state index contributed by atoms with van der Waals surface area (Å²) in [6.45, 7) is 2.08. The molecule has 2 unspecified atom stereocenters. The maximum Gasteiger partial charge on any atom is 0.263 e. The van der Waals surface area contributed by atoms with Crippen molar-refractivity contribution in [1.29, 1.82) is 0 Å². The van der Waals surface area contributed by atoms with E-state index in [1.165, 1.54) is 32.1 Å². The van der Waals surface area contributed by atoms with Crippen molar-refractivity contribution in [3.63, 3.8) is 0 Å². The van der Waals surface area contributed by atoms with Gasteiger partial charge >= 0.3 is 0 Å². The number of nitrogens with one attached hydrogen (secondary N) is 1. The van der Waals surface area contributed by atoms with Crippen LogP contribution >= 0.6 is 0 Å². The molecule has 1 aliphatic heterocycles. The van der Waals surface area contributed by atoms with Crippen LogP contribution in [-0.2, 0) is 9.53 Å². The van der Waals surface area contributed by atoms with Crippen molar-refractivity contribution >= 4 is 5.91 Å². The molecule has 1 aliphatic carbocycles. The monoisotopic (exact) mass is 269 g/mol. The fourth-order valence-electron chi connectivity index (χ4n) is 3.36. The van der Waals surface area contributed by atoms with Gasteiger partial charge in [0, 0.05) is 13.1 Å². The zero-order valence-corrected chi connectivity index (χ0v) is 11.9. The van der Waals surface area contributed by atoms with E-state index in [1.807, 2.05) is 0 Å². The predicted molar refractivity (Wildman–Crippen MR) is 74.3 cm³/mol. The lowest BCUT2D eigenvalue weighted by molar-refractivity contribution is -0.132. The van der Waals surface area contributed by atoms with Gasteiger partial charge in [-0.1, -0.05) is 19.3 Å². The van der Waals surface area contributed by atoms with E-state index < -0.39 is 0 Å². The average molecular weight is 269 g/mol. The Hall–Kier alpha value is -0.650. The highest BCUT2D eigenvalue weighted by atomic mass is 16.5. The van der Waals surface area contributed by atoms with E-state index in [4.69, 9.17) is 10.6 Å². The molecule has 1 saturated carbocycles. The van der Waals surface area contributed by atoms with Crippen molar-refractivity contribution in [2.24, 2.45) is 11.8 Å². The Labute approximate surface area is 115 Å². The molecule has 2 aliphatic rings. The first-order valence-electron chi connectivity index (χ1n) is 7.53. The number of nitrogens with two attached hydrogens (primary N) is 1. The Bertz CT molecular complexity index is 292.